The molecule has 0 radical (unpaired) electrons. The van der Waals surface area contributed by atoms with E-state index in [2.05, 4.69) is 0 Å². The molecule has 0 fully saturated rings. The SMILES string of the molecule is COc1ccc([C@H](N)C(C)O)c(N)c1. The van der Waals surface area contributed by atoms with Crippen LogP contribution in [-0.4, -0.2) is 18.3 Å². The third-order valence-electron chi connectivity index (χ3n) is 2.17. The summed E-state index contributed by atoms with van der Waals surface area (Å²) in [5.74, 6) is 0.684. The van der Waals surface area contributed by atoms with Crippen LogP contribution in [0.25, 0.3) is 0 Å². The van der Waals surface area contributed by atoms with Gasteiger partial charge in [-0.05, 0) is 18.6 Å². The number of aliphatic hydroxyl groups is 1. The molecule has 0 saturated heterocycles. The highest BCUT2D eigenvalue weighted by atomic mass is 16.5. The highest BCUT2D eigenvalue weighted by molar-refractivity contribution is 5.53. The summed E-state index contributed by atoms with van der Waals surface area (Å²) in [6, 6.07) is 4.78. The molecular weight excluding hydrogens is 180 g/mol. The molecule has 5 N–H and O–H groups in total. The number of benzene rings is 1. The smallest absolute Gasteiger partial charge is 0.120 e. The van der Waals surface area contributed by atoms with Crippen molar-refractivity contribution in [2.75, 3.05) is 12.8 Å². The lowest BCUT2D eigenvalue weighted by atomic mass is 10.0. The average Bonchev–Trinajstić information content (AvgIpc) is 2.16. The normalized spacial score (nSPS) is 14.9. The zero-order valence-corrected chi connectivity index (χ0v) is 8.40. The lowest BCUT2D eigenvalue weighted by Gasteiger charge is -2.17. The Labute approximate surface area is 83.5 Å². The van der Waals surface area contributed by atoms with E-state index < -0.39 is 12.1 Å². The Balaban J connectivity index is 2.99. The molecule has 0 bridgehead atoms. The van der Waals surface area contributed by atoms with Crippen molar-refractivity contribution >= 4 is 5.69 Å². The summed E-state index contributed by atoms with van der Waals surface area (Å²) in [4.78, 5) is 0. The van der Waals surface area contributed by atoms with Crippen molar-refractivity contribution in [3.63, 3.8) is 0 Å². The van der Waals surface area contributed by atoms with Crippen molar-refractivity contribution in [1.29, 1.82) is 0 Å². The number of hydrogen-bond donors (Lipinski definition) is 3. The van der Waals surface area contributed by atoms with Gasteiger partial charge >= 0.3 is 0 Å². The number of nitrogens with two attached hydrogens (primary N) is 2. The molecule has 1 rings (SSSR count). The summed E-state index contributed by atoms with van der Waals surface area (Å²) in [6.45, 7) is 1.63. The minimum atomic E-state index is -0.620. The van der Waals surface area contributed by atoms with Gasteiger partial charge in [-0.1, -0.05) is 6.07 Å². The number of hydrogen-bond acceptors (Lipinski definition) is 4. The number of rotatable bonds is 3. The highest BCUT2D eigenvalue weighted by Crippen LogP contribution is 2.25. The molecule has 0 aliphatic heterocycles. The van der Waals surface area contributed by atoms with E-state index in [1.165, 1.54) is 0 Å². The molecule has 0 heterocycles. The summed E-state index contributed by atoms with van der Waals surface area (Å²) in [7, 11) is 1.57. The monoisotopic (exact) mass is 196 g/mol. The zero-order chi connectivity index (χ0) is 10.7. The quantitative estimate of drug-likeness (QED) is 0.620. The van der Waals surface area contributed by atoms with Gasteiger partial charge in [0.1, 0.15) is 5.75 Å². The number of nitrogen functional groups attached to an aromatic ring is 1. The van der Waals surface area contributed by atoms with Gasteiger partial charge in [0.2, 0.25) is 0 Å². The maximum atomic E-state index is 9.31. The second-order valence-corrected chi connectivity index (χ2v) is 3.26. The van der Waals surface area contributed by atoms with Crippen molar-refractivity contribution in [2.24, 2.45) is 5.73 Å². The van der Waals surface area contributed by atoms with Crippen molar-refractivity contribution in [3.8, 4) is 5.75 Å². The van der Waals surface area contributed by atoms with E-state index in [1.807, 2.05) is 0 Å². The van der Waals surface area contributed by atoms with Crippen LogP contribution in [0.5, 0.6) is 5.75 Å². The van der Waals surface area contributed by atoms with Crippen molar-refractivity contribution < 1.29 is 9.84 Å². The fourth-order valence-corrected chi connectivity index (χ4v) is 1.24. The van der Waals surface area contributed by atoms with Gasteiger partial charge in [-0.15, -0.1) is 0 Å². The Morgan fingerprint density at radius 2 is 2.07 bits per heavy atom. The van der Waals surface area contributed by atoms with E-state index in [1.54, 1.807) is 32.2 Å². The molecule has 14 heavy (non-hydrogen) atoms. The first-order valence-corrected chi connectivity index (χ1v) is 4.43. The Kier molecular flexibility index (Phi) is 3.33. The Morgan fingerprint density at radius 1 is 1.43 bits per heavy atom. The van der Waals surface area contributed by atoms with Gasteiger partial charge in [0.05, 0.1) is 19.3 Å². The summed E-state index contributed by atoms with van der Waals surface area (Å²) >= 11 is 0. The molecule has 78 valence electrons. The lowest BCUT2D eigenvalue weighted by molar-refractivity contribution is 0.164. The first kappa shape index (κ1) is 10.8. The molecule has 0 amide bonds. The van der Waals surface area contributed by atoms with Gasteiger partial charge < -0.3 is 21.3 Å². The third-order valence-corrected chi connectivity index (χ3v) is 2.17. The van der Waals surface area contributed by atoms with E-state index in [0.717, 1.165) is 5.56 Å². The maximum Gasteiger partial charge on any atom is 0.120 e. The van der Waals surface area contributed by atoms with Crippen LogP contribution in [0.3, 0.4) is 0 Å². The fraction of sp³-hybridized carbons (Fsp3) is 0.400. The number of aliphatic hydroxyl groups excluding tert-OH is 1. The van der Waals surface area contributed by atoms with Crippen LogP contribution in [0, 0.1) is 0 Å². The molecule has 1 unspecified atom stereocenters. The van der Waals surface area contributed by atoms with Crippen LogP contribution in [0.15, 0.2) is 18.2 Å². The summed E-state index contributed by atoms with van der Waals surface area (Å²) in [5, 5.41) is 9.31. The fourth-order valence-electron chi connectivity index (χ4n) is 1.24. The van der Waals surface area contributed by atoms with Crippen molar-refractivity contribution in [3.05, 3.63) is 23.8 Å². The van der Waals surface area contributed by atoms with Gasteiger partial charge in [-0.2, -0.15) is 0 Å². The molecule has 1 aromatic carbocycles. The lowest BCUT2D eigenvalue weighted by Crippen LogP contribution is -2.24. The first-order valence-electron chi connectivity index (χ1n) is 4.43. The number of anilines is 1. The second-order valence-electron chi connectivity index (χ2n) is 3.26. The minimum Gasteiger partial charge on any atom is -0.497 e. The highest BCUT2D eigenvalue weighted by Gasteiger charge is 2.14. The third kappa shape index (κ3) is 2.16. The van der Waals surface area contributed by atoms with E-state index in [-0.39, 0.29) is 0 Å². The van der Waals surface area contributed by atoms with Crippen LogP contribution < -0.4 is 16.2 Å². The van der Waals surface area contributed by atoms with Crippen LogP contribution in [0.4, 0.5) is 5.69 Å². The maximum absolute atomic E-state index is 9.31. The van der Waals surface area contributed by atoms with E-state index in [9.17, 15) is 5.11 Å². The topological polar surface area (TPSA) is 81.5 Å². The van der Waals surface area contributed by atoms with Crippen molar-refractivity contribution in [1.82, 2.24) is 0 Å². The standard InChI is InChI=1S/C10H16N2O2/c1-6(13)10(12)8-4-3-7(14-2)5-9(8)11/h3-6,10,13H,11-12H2,1-2H3/t6?,10-/m1/s1. The predicted molar refractivity (Wildman–Crippen MR) is 56.0 cm³/mol. The molecule has 0 aliphatic carbocycles. The average molecular weight is 196 g/mol. The number of ether oxygens (including phenoxy) is 1. The molecule has 0 aromatic heterocycles. The number of methoxy groups -OCH3 is 1. The van der Waals surface area contributed by atoms with E-state index in [0.29, 0.717) is 11.4 Å². The Hall–Kier alpha value is -1.26. The Morgan fingerprint density at radius 3 is 2.50 bits per heavy atom. The molecular formula is C10H16N2O2. The predicted octanol–water partition coefficient (Wildman–Crippen LogP) is 0.658. The summed E-state index contributed by atoms with van der Waals surface area (Å²) in [6.07, 6.45) is -0.620. The van der Waals surface area contributed by atoms with Crippen LogP contribution >= 0.6 is 0 Å². The van der Waals surface area contributed by atoms with Crippen LogP contribution in [0.1, 0.15) is 18.5 Å². The zero-order valence-electron chi connectivity index (χ0n) is 8.40. The Bertz CT molecular complexity index is 313. The molecule has 4 nitrogen and oxygen atoms in total. The van der Waals surface area contributed by atoms with Gasteiger partial charge in [-0.25, -0.2) is 0 Å². The van der Waals surface area contributed by atoms with E-state index >= 15 is 0 Å². The largest absolute Gasteiger partial charge is 0.497 e. The summed E-state index contributed by atoms with van der Waals surface area (Å²) < 4.78 is 5.01. The first-order chi connectivity index (χ1) is 6.56. The van der Waals surface area contributed by atoms with Crippen molar-refractivity contribution in [2.45, 2.75) is 19.1 Å². The molecule has 1 aromatic rings. The van der Waals surface area contributed by atoms with Crippen LogP contribution in [0.2, 0.25) is 0 Å². The van der Waals surface area contributed by atoms with Gasteiger partial charge in [-0.3, -0.25) is 0 Å². The molecule has 0 aliphatic rings. The van der Waals surface area contributed by atoms with E-state index in [4.69, 9.17) is 16.2 Å². The molecule has 0 spiro atoms. The molecule has 2 atom stereocenters. The van der Waals surface area contributed by atoms with Gasteiger partial charge in [0.15, 0.2) is 0 Å². The van der Waals surface area contributed by atoms with Gasteiger partial charge in [0.25, 0.3) is 0 Å². The van der Waals surface area contributed by atoms with Crippen LogP contribution in [-0.2, 0) is 0 Å². The molecule has 0 saturated carbocycles. The second kappa shape index (κ2) is 4.30. The minimum absolute atomic E-state index is 0.457. The summed E-state index contributed by atoms with van der Waals surface area (Å²) in [5.41, 5.74) is 12.8. The van der Waals surface area contributed by atoms with Gasteiger partial charge in [0, 0.05) is 11.8 Å². The molecule has 4 heteroatoms.